The molecule has 0 unspecified atom stereocenters. The predicted molar refractivity (Wildman–Crippen MR) is 72.7 cm³/mol. The Balaban J connectivity index is 0.00000110. The molecule has 0 aliphatic carbocycles. The summed E-state index contributed by atoms with van der Waals surface area (Å²) in [5.74, 6) is 0. The molecule has 3 aromatic rings. The lowest BCUT2D eigenvalue weighted by molar-refractivity contribution is 0.758. The zero-order valence-electron chi connectivity index (χ0n) is 9.92. The van der Waals surface area contributed by atoms with Crippen LogP contribution in [0.2, 0.25) is 0 Å². The van der Waals surface area contributed by atoms with Crippen molar-refractivity contribution in [1.29, 1.82) is 0 Å². The zero-order valence-corrected chi connectivity index (χ0v) is 10.7. The van der Waals surface area contributed by atoms with Crippen LogP contribution in [0, 0.1) is 0 Å². The Morgan fingerprint density at radius 3 is 2.74 bits per heavy atom. The van der Waals surface area contributed by atoms with E-state index in [9.17, 15) is 0 Å². The number of rotatable bonds is 1. The van der Waals surface area contributed by atoms with E-state index in [2.05, 4.69) is 30.2 Å². The summed E-state index contributed by atoms with van der Waals surface area (Å²) in [6.45, 7) is 1.59. The first kappa shape index (κ1) is 12.0. The standard InChI is InChI=1S/C12H10N6.ClH/c1-2-14-12-7(1)10(17-6-18-12)11-8-3-13-4-9(8)15-5-16-11;/h1-2,5-6,13H,3-4H2,(H,14,17,18);1H. The highest BCUT2D eigenvalue weighted by Gasteiger charge is 2.20. The van der Waals surface area contributed by atoms with Gasteiger partial charge in [-0.2, -0.15) is 0 Å². The number of nitrogens with one attached hydrogen (secondary N) is 2. The highest BCUT2D eigenvalue weighted by Crippen LogP contribution is 2.28. The SMILES string of the molecule is Cl.c1nc2c(c(-c3ncnc4[nH]ccc34)n1)CNC2. The second-order valence-electron chi connectivity index (χ2n) is 4.21. The molecule has 19 heavy (non-hydrogen) atoms. The van der Waals surface area contributed by atoms with Gasteiger partial charge in [-0.15, -0.1) is 12.4 Å². The molecule has 0 amide bonds. The van der Waals surface area contributed by atoms with Gasteiger partial charge in [0.05, 0.1) is 11.4 Å². The maximum Gasteiger partial charge on any atom is 0.141 e. The fraction of sp³-hybridized carbons (Fsp3) is 0.167. The van der Waals surface area contributed by atoms with E-state index in [4.69, 9.17) is 0 Å². The first-order valence-electron chi connectivity index (χ1n) is 5.75. The molecule has 6 nitrogen and oxygen atoms in total. The molecule has 4 heterocycles. The van der Waals surface area contributed by atoms with Gasteiger partial charge in [-0.25, -0.2) is 19.9 Å². The van der Waals surface area contributed by atoms with E-state index in [1.807, 2.05) is 12.3 Å². The molecule has 4 rings (SSSR count). The van der Waals surface area contributed by atoms with Crippen molar-refractivity contribution in [3.8, 4) is 11.4 Å². The molecular weight excluding hydrogens is 264 g/mol. The van der Waals surface area contributed by atoms with Crippen LogP contribution in [0.5, 0.6) is 0 Å². The Morgan fingerprint density at radius 1 is 0.947 bits per heavy atom. The van der Waals surface area contributed by atoms with Gasteiger partial charge in [0.1, 0.15) is 24.0 Å². The van der Waals surface area contributed by atoms with Crippen LogP contribution >= 0.6 is 12.4 Å². The van der Waals surface area contributed by atoms with Crippen LogP contribution in [-0.4, -0.2) is 24.9 Å². The van der Waals surface area contributed by atoms with Crippen molar-refractivity contribution >= 4 is 23.4 Å². The summed E-state index contributed by atoms with van der Waals surface area (Å²) in [6, 6.07) is 1.97. The van der Waals surface area contributed by atoms with Crippen LogP contribution in [0.1, 0.15) is 11.3 Å². The number of hydrogen-bond acceptors (Lipinski definition) is 5. The second kappa shape index (κ2) is 4.56. The number of hydrogen-bond donors (Lipinski definition) is 2. The summed E-state index contributed by atoms with van der Waals surface area (Å²) in [4.78, 5) is 20.3. The second-order valence-corrected chi connectivity index (χ2v) is 4.21. The molecule has 7 heteroatoms. The summed E-state index contributed by atoms with van der Waals surface area (Å²) in [5, 5.41) is 4.28. The van der Waals surface area contributed by atoms with Gasteiger partial charge in [-0.3, -0.25) is 0 Å². The minimum Gasteiger partial charge on any atom is -0.346 e. The van der Waals surface area contributed by atoms with Gasteiger partial charge in [0.25, 0.3) is 0 Å². The fourth-order valence-electron chi connectivity index (χ4n) is 2.36. The smallest absolute Gasteiger partial charge is 0.141 e. The van der Waals surface area contributed by atoms with Gasteiger partial charge < -0.3 is 10.3 Å². The van der Waals surface area contributed by atoms with Gasteiger partial charge in [0.2, 0.25) is 0 Å². The van der Waals surface area contributed by atoms with E-state index in [1.165, 1.54) is 0 Å². The molecule has 0 saturated heterocycles. The molecule has 2 N–H and O–H groups in total. The average Bonchev–Trinajstić information content (AvgIpc) is 3.06. The quantitative estimate of drug-likeness (QED) is 0.702. The lowest BCUT2D eigenvalue weighted by atomic mass is 10.1. The molecule has 0 bridgehead atoms. The van der Waals surface area contributed by atoms with Crippen molar-refractivity contribution in [1.82, 2.24) is 30.2 Å². The van der Waals surface area contributed by atoms with Crippen LogP contribution in [0.25, 0.3) is 22.4 Å². The summed E-state index contributed by atoms with van der Waals surface area (Å²) < 4.78 is 0. The molecule has 1 aliphatic heterocycles. The molecule has 96 valence electrons. The minimum absolute atomic E-state index is 0. The molecule has 1 aliphatic rings. The number of nitrogens with zero attached hydrogens (tertiary/aromatic N) is 4. The monoisotopic (exact) mass is 274 g/mol. The largest absolute Gasteiger partial charge is 0.346 e. The lowest BCUT2D eigenvalue weighted by Gasteiger charge is -2.05. The van der Waals surface area contributed by atoms with Gasteiger partial charge in [-0.1, -0.05) is 0 Å². The summed E-state index contributed by atoms with van der Waals surface area (Å²) in [5.41, 5.74) is 4.79. The zero-order chi connectivity index (χ0) is 11.9. The first-order chi connectivity index (χ1) is 8.93. The van der Waals surface area contributed by atoms with E-state index in [1.54, 1.807) is 12.7 Å². The van der Waals surface area contributed by atoms with Crippen LogP contribution in [0.3, 0.4) is 0 Å². The molecule has 0 radical (unpaired) electrons. The van der Waals surface area contributed by atoms with Gasteiger partial charge in [0, 0.05) is 30.2 Å². The van der Waals surface area contributed by atoms with Crippen LogP contribution in [0.15, 0.2) is 24.9 Å². The summed E-state index contributed by atoms with van der Waals surface area (Å²) in [7, 11) is 0. The van der Waals surface area contributed by atoms with Gasteiger partial charge in [0.15, 0.2) is 0 Å². The van der Waals surface area contributed by atoms with Gasteiger partial charge >= 0.3 is 0 Å². The molecule has 0 saturated carbocycles. The lowest BCUT2D eigenvalue weighted by Crippen LogP contribution is -2.01. The fourth-order valence-corrected chi connectivity index (χ4v) is 2.36. The predicted octanol–water partition coefficient (Wildman–Crippen LogP) is 1.44. The Bertz CT molecular complexity index is 738. The van der Waals surface area contributed by atoms with Crippen molar-refractivity contribution in [2.75, 3.05) is 0 Å². The highest BCUT2D eigenvalue weighted by molar-refractivity contribution is 5.90. The third-order valence-corrected chi connectivity index (χ3v) is 3.21. The van der Waals surface area contributed by atoms with Crippen molar-refractivity contribution in [2.45, 2.75) is 13.1 Å². The van der Waals surface area contributed by atoms with E-state index < -0.39 is 0 Å². The highest BCUT2D eigenvalue weighted by atomic mass is 35.5. The van der Waals surface area contributed by atoms with E-state index in [0.717, 1.165) is 46.8 Å². The van der Waals surface area contributed by atoms with E-state index in [0.29, 0.717) is 0 Å². The van der Waals surface area contributed by atoms with Gasteiger partial charge in [-0.05, 0) is 6.07 Å². The van der Waals surface area contributed by atoms with Crippen molar-refractivity contribution in [3.63, 3.8) is 0 Å². The summed E-state index contributed by atoms with van der Waals surface area (Å²) >= 11 is 0. The topological polar surface area (TPSA) is 79.4 Å². The first-order valence-corrected chi connectivity index (χ1v) is 5.75. The Labute approximate surface area is 115 Å². The van der Waals surface area contributed by atoms with Crippen molar-refractivity contribution in [2.24, 2.45) is 0 Å². The van der Waals surface area contributed by atoms with E-state index in [-0.39, 0.29) is 12.4 Å². The maximum absolute atomic E-state index is 4.40. The Kier molecular flexibility index (Phi) is 2.88. The molecular formula is C12H11ClN6. The van der Waals surface area contributed by atoms with Crippen molar-refractivity contribution in [3.05, 3.63) is 36.2 Å². The number of fused-ring (bicyclic) bond motifs is 2. The Morgan fingerprint density at radius 2 is 1.79 bits per heavy atom. The average molecular weight is 275 g/mol. The number of halogens is 1. The molecule has 3 aromatic heterocycles. The van der Waals surface area contributed by atoms with Crippen LogP contribution < -0.4 is 5.32 Å². The third kappa shape index (κ3) is 1.76. The molecule has 0 atom stereocenters. The number of aromatic amines is 1. The normalized spacial score (nSPS) is 13.3. The van der Waals surface area contributed by atoms with Crippen LogP contribution in [0.4, 0.5) is 0 Å². The maximum atomic E-state index is 4.40. The summed E-state index contributed by atoms with van der Waals surface area (Å²) in [6.07, 6.45) is 5.02. The van der Waals surface area contributed by atoms with Crippen LogP contribution in [-0.2, 0) is 13.1 Å². The Hall–Kier alpha value is -2.05. The molecule has 0 spiro atoms. The molecule has 0 fully saturated rings. The number of H-pyrrole nitrogens is 1. The molecule has 0 aromatic carbocycles. The van der Waals surface area contributed by atoms with Crippen molar-refractivity contribution < 1.29 is 0 Å². The third-order valence-electron chi connectivity index (χ3n) is 3.21. The van der Waals surface area contributed by atoms with E-state index >= 15 is 0 Å². The number of aromatic nitrogens is 5. The minimum atomic E-state index is 0.